The summed E-state index contributed by atoms with van der Waals surface area (Å²) in [5.74, 6) is -0.118. The third kappa shape index (κ3) is 4.45. The fraction of sp³-hybridized carbons (Fsp3) is 0.300. The zero-order valence-corrected chi connectivity index (χ0v) is 16.6. The van der Waals surface area contributed by atoms with Crippen molar-refractivity contribution >= 4 is 28.6 Å². The highest BCUT2D eigenvalue weighted by Crippen LogP contribution is 2.28. The number of nitrogens with one attached hydrogen (secondary N) is 1. The molecule has 152 valence electrons. The molecule has 0 aliphatic rings. The van der Waals surface area contributed by atoms with Gasteiger partial charge in [-0.15, -0.1) is 0 Å². The number of benzene rings is 1. The standard InChI is InChI=1S/C20H22N4O5/c1-12(2)24-19-13(10-22-24)7-14(9-21-19)20(26)29-11-18(25)23-16-6-5-15(27-3)8-17(16)28-4/h5-10,12H,11H2,1-4H3,(H,23,25). The number of hydrogen-bond donors (Lipinski definition) is 1. The van der Waals surface area contributed by atoms with Gasteiger partial charge in [-0.3, -0.25) is 4.79 Å². The Labute approximate surface area is 167 Å². The van der Waals surface area contributed by atoms with E-state index in [0.717, 1.165) is 5.39 Å². The molecule has 0 atom stereocenters. The molecular weight excluding hydrogens is 376 g/mol. The van der Waals surface area contributed by atoms with Crippen molar-refractivity contribution in [2.45, 2.75) is 19.9 Å². The Morgan fingerprint density at radius 3 is 2.62 bits per heavy atom. The van der Waals surface area contributed by atoms with Crippen LogP contribution in [0, 0.1) is 0 Å². The number of rotatable bonds is 7. The molecular formula is C20H22N4O5. The summed E-state index contributed by atoms with van der Waals surface area (Å²) >= 11 is 0. The van der Waals surface area contributed by atoms with E-state index in [4.69, 9.17) is 14.2 Å². The van der Waals surface area contributed by atoms with Crippen LogP contribution in [-0.4, -0.2) is 47.5 Å². The predicted octanol–water partition coefficient (Wildman–Crippen LogP) is 2.82. The minimum absolute atomic E-state index is 0.149. The molecule has 0 saturated carbocycles. The van der Waals surface area contributed by atoms with E-state index in [-0.39, 0.29) is 11.6 Å². The Hall–Kier alpha value is -3.62. The van der Waals surface area contributed by atoms with E-state index in [0.29, 0.717) is 22.8 Å². The summed E-state index contributed by atoms with van der Waals surface area (Å²) in [6, 6.07) is 6.75. The van der Waals surface area contributed by atoms with Crippen LogP contribution in [0.3, 0.4) is 0 Å². The minimum atomic E-state index is -0.645. The molecule has 3 rings (SSSR count). The number of nitrogens with zero attached hydrogens (tertiary/aromatic N) is 3. The number of methoxy groups -OCH3 is 2. The van der Waals surface area contributed by atoms with E-state index in [1.54, 1.807) is 35.1 Å². The molecule has 1 aromatic carbocycles. The first-order valence-electron chi connectivity index (χ1n) is 8.95. The number of pyridine rings is 1. The first-order chi connectivity index (χ1) is 13.9. The Bertz CT molecular complexity index is 1040. The largest absolute Gasteiger partial charge is 0.497 e. The molecule has 0 saturated heterocycles. The van der Waals surface area contributed by atoms with E-state index in [1.165, 1.54) is 20.4 Å². The number of hydrogen-bond acceptors (Lipinski definition) is 7. The van der Waals surface area contributed by atoms with Crippen molar-refractivity contribution in [3.63, 3.8) is 0 Å². The first-order valence-corrected chi connectivity index (χ1v) is 8.95. The summed E-state index contributed by atoms with van der Waals surface area (Å²) in [5.41, 5.74) is 1.37. The molecule has 0 bridgehead atoms. The van der Waals surface area contributed by atoms with Gasteiger partial charge in [0.05, 0.1) is 31.7 Å². The van der Waals surface area contributed by atoms with Crippen LogP contribution in [-0.2, 0) is 9.53 Å². The van der Waals surface area contributed by atoms with Gasteiger partial charge in [-0.05, 0) is 32.0 Å². The van der Waals surface area contributed by atoms with Gasteiger partial charge in [0, 0.05) is 23.7 Å². The second-order valence-electron chi connectivity index (χ2n) is 6.51. The average molecular weight is 398 g/mol. The third-order valence-electron chi connectivity index (χ3n) is 4.18. The van der Waals surface area contributed by atoms with Crippen molar-refractivity contribution in [1.82, 2.24) is 14.8 Å². The number of carbonyl (C=O) groups excluding carboxylic acids is 2. The maximum atomic E-state index is 12.3. The number of anilines is 1. The number of fused-ring (bicyclic) bond motifs is 1. The number of esters is 1. The molecule has 2 heterocycles. The summed E-state index contributed by atoms with van der Waals surface area (Å²) in [6.45, 7) is 3.54. The lowest BCUT2D eigenvalue weighted by Gasteiger charge is -2.12. The number of amides is 1. The van der Waals surface area contributed by atoms with Crippen molar-refractivity contribution in [1.29, 1.82) is 0 Å². The fourth-order valence-electron chi connectivity index (χ4n) is 2.73. The van der Waals surface area contributed by atoms with Crippen molar-refractivity contribution in [2.24, 2.45) is 0 Å². The van der Waals surface area contributed by atoms with Crippen LogP contribution in [0.4, 0.5) is 5.69 Å². The van der Waals surface area contributed by atoms with Crippen LogP contribution < -0.4 is 14.8 Å². The predicted molar refractivity (Wildman–Crippen MR) is 106 cm³/mol. The lowest BCUT2D eigenvalue weighted by Crippen LogP contribution is -2.21. The molecule has 9 nitrogen and oxygen atoms in total. The topological polar surface area (TPSA) is 105 Å². The van der Waals surface area contributed by atoms with Gasteiger partial charge in [0.25, 0.3) is 5.91 Å². The van der Waals surface area contributed by atoms with Gasteiger partial charge < -0.3 is 19.5 Å². The first kappa shape index (κ1) is 20.1. The average Bonchev–Trinajstić information content (AvgIpc) is 3.15. The molecule has 0 unspecified atom stereocenters. The highest BCUT2D eigenvalue weighted by molar-refractivity contribution is 5.97. The molecule has 1 amide bonds. The molecule has 29 heavy (non-hydrogen) atoms. The van der Waals surface area contributed by atoms with Gasteiger partial charge in [-0.2, -0.15) is 5.10 Å². The Balaban J connectivity index is 1.63. The molecule has 2 aromatic heterocycles. The van der Waals surface area contributed by atoms with Gasteiger partial charge in [-0.25, -0.2) is 14.5 Å². The normalized spacial score (nSPS) is 10.8. The van der Waals surface area contributed by atoms with Crippen LogP contribution in [0.15, 0.2) is 36.7 Å². The van der Waals surface area contributed by atoms with Crippen molar-refractivity contribution < 1.29 is 23.8 Å². The van der Waals surface area contributed by atoms with E-state index in [2.05, 4.69) is 15.4 Å². The fourth-order valence-corrected chi connectivity index (χ4v) is 2.73. The smallest absolute Gasteiger partial charge is 0.340 e. The molecule has 0 spiro atoms. The molecule has 0 fully saturated rings. The number of carbonyl (C=O) groups is 2. The van der Waals surface area contributed by atoms with E-state index < -0.39 is 18.5 Å². The van der Waals surface area contributed by atoms with Crippen LogP contribution in [0.1, 0.15) is 30.2 Å². The molecule has 0 radical (unpaired) electrons. The number of ether oxygens (including phenoxy) is 3. The summed E-state index contributed by atoms with van der Waals surface area (Å²) in [7, 11) is 3.02. The maximum Gasteiger partial charge on any atom is 0.340 e. The highest BCUT2D eigenvalue weighted by atomic mass is 16.5. The van der Waals surface area contributed by atoms with Gasteiger partial charge in [-0.1, -0.05) is 0 Å². The van der Waals surface area contributed by atoms with Crippen molar-refractivity contribution in [3.8, 4) is 11.5 Å². The SMILES string of the molecule is COc1ccc(NC(=O)COC(=O)c2cnc3c(cnn3C(C)C)c2)c(OC)c1. The van der Waals surface area contributed by atoms with Crippen LogP contribution in [0.5, 0.6) is 11.5 Å². The second-order valence-corrected chi connectivity index (χ2v) is 6.51. The van der Waals surface area contributed by atoms with E-state index >= 15 is 0 Å². The molecule has 0 aliphatic heterocycles. The van der Waals surface area contributed by atoms with Gasteiger partial charge in [0.1, 0.15) is 11.5 Å². The lowest BCUT2D eigenvalue weighted by molar-refractivity contribution is -0.119. The third-order valence-corrected chi connectivity index (χ3v) is 4.18. The van der Waals surface area contributed by atoms with Crippen molar-refractivity contribution in [2.75, 3.05) is 26.1 Å². The van der Waals surface area contributed by atoms with Gasteiger partial charge >= 0.3 is 5.97 Å². The lowest BCUT2D eigenvalue weighted by atomic mass is 10.2. The van der Waals surface area contributed by atoms with Crippen molar-refractivity contribution in [3.05, 3.63) is 42.2 Å². The van der Waals surface area contributed by atoms with Gasteiger partial charge in [0.2, 0.25) is 0 Å². The molecule has 9 heteroatoms. The summed E-state index contributed by atoms with van der Waals surface area (Å²) in [4.78, 5) is 28.7. The van der Waals surface area contributed by atoms with E-state index in [1.807, 2.05) is 13.8 Å². The Morgan fingerprint density at radius 1 is 1.14 bits per heavy atom. The molecule has 3 aromatic rings. The number of aromatic nitrogens is 3. The zero-order chi connectivity index (χ0) is 21.0. The van der Waals surface area contributed by atoms with Gasteiger partial charge in [0.15, 0.2) is 12.3 Å². The van der Waals surface area contributed by atoms with Crippen LogP contribution >= 0.6 is 0 Å². The zero-order valence-electron chi connectivity index (χ0n) is 16.6. The summed E-state index contributed by atoms with van der Waals surface area (Å²) in [6.07, 6.45) is 3.05. The van der Waals surface area contributed by atoms with E-state index in [9.17, 15) is 9.59 Å². The highest BCUT2D eigenvalue weighted by Gasteiger charge is 2.15. The minimum Gasteiger partial charge on any atom is -0.497 e. The Kier molecular flexibility index (Phi) is 5.96. The second kappa shape index (κ2) is 8.59. The summed E-state index contributed by atoms with van der Waals surface area (Å²) < 4.78 is 17.2. The van der Waals surface area contributed by atoms with Crippen LogP contribution in [0.25, 0.3) is 11.0 Å². The maximum absolute atomic E-state index is 12.3. The van der Waals surface area contributed by atoms with Crippen LogP contribution in [0.2, 0.25) is 0 Å². The monoisotopic (exact) mass is 398 g/mol. The quantitative estimate of drug-likeness (QED) is 0.610. The Morgan fingerprint density at radius 2 is 1.93 bits per heavy atom. The molecule has 1 N–H and O–H groups in total. The summed E-state index contributed by atoms with van der Waals surface area (Å²) in [5, 5.41) is 7.62. The molecule has 0 aliphatic carbocycles.